The van der Waals surface area contributed by atoms with E-state index in [1.165, 1.54) is 0 Å². The van der Waals surface area contributed by atoms with E-state index < -0.39 is 9.05 Å². The van der Waals surface area contributed by atoms with Gasteiger partial charge in [-0.25, -0.2) is 0 Å². The monoisotopic (exact) mass is 219 g/mol. The van der Waals surface area contributed by atoms with Gasteiger partial charge in [0.1, 0.15) is 0 Å². The summed E-state index contributed by atoms with van der Waals surface area (Å²) in [6.45, 7) is 0.226. The molecule has 0 radical (unpaired) electrons. The van der Waals surface area contributed by atoms with Crippen molar-refractivity contribution in [2.75, 3.05) is 13.2 Å². The summed E-state index contributed by atoms with van der Waals surface area (Å²) in [4.78, 5) is 29.2. The van der Waals surface area contributed by atoms with E-state index in [0.717, 1.165) is 0 Å². The van der Waals surface area contributed by atoms with Gasteiger partial charge in [0.05, 0.1) is 0 Å². The van der Waals surface area contributed by atoms with Crippen molar-refractivity contribution in [3.63, 3.8) is 0 Å². The summed E-state index contributed by atoms with van der Waals surface area (Å²) >= 11 is 0. The number of nitrogens with two attached hydrogens (primary N) is 1. The van der Waals surface area contributed by atoms with Crippen LogP contribution in [0.5, 0.6) is 0 Å². The van der Waals surface area contributed by atoms with E-state index in [1.54, 1.807) is 0 Å². The van der Waals surface area contributed by atoms with Crippen molar-refractivity contribution in [1.29, 1.82) is 0 Å². The standard InChI is InChI=1S/C3H8NO4Si.3Na/c4-2-1-3-8-9(5,6)7;;;/h1-4H2;;;/q-3;3*+1. The molecule has 0 aliphatic heterocycles. The Labute approximate surface area is 139 Å². The molecule has 0 heterocycles. The summed E-state index contributed by atoms with van der Waals surface area (Å²) in [5.74, 6) is 0. The maximum atomic E-state index is 9.74. The summed E-state index contributed by atoms with van der Waals surface area (Å²) in [5.41, 5.74) is 4.99. The molecule has 0 rings (SSSR count). The Balaban J connectivity index is -0.000000107. The predicted molar refractivity (Wildman–Crippen MR) is 25.4 cm³/mol. The van der Waals surface area contributed by atoms with Crippen molar-refractivity contribution < 1.29 is 107 Å². The van der Waals surface area contributed by atoms with Gasteiger partial charge in [-0.2, -0.15) is 0 Å². The first-order chi connectivity index (χ1) is 4.06. The largest absolute Gasteiger partial charge is 1.00 e. The van der Waals surface area contributed by atoms with E-state index in [9.17, 15) is 14.4 Å². The van der Waals surface area contributed by atoms with E-state index in [0.29, 0.717) is 13.0 Å². The van der Waals surface area contributed by atoms with Crippen LogP contribution in [0.4, 0.5) is 0 Å². The minimum absolute atomic E-state index is 0. The van der Waals surface area contributed by atoms with Crippen molar-refractivity contribution >= 4 is 9.05 Å². The average molecular weight is 219 g/mol. The van der Waals surface area contributed by atoms with Gasteiger partial charge in [-0.05, 0) is 13.0 Å². The van der Waals surface area contributed by atoms with E-state index in [-0.39, 0.29) is 95.3 Å². The number of hydrogen-bond acceptors (Lipinski definition) is 5. The normalized spacial score (nSPS) is 9.00. The van der Waals surface area contributed by atoms with Crippen LogP contribution < -0.4 is 109 Å². The van der Waals surface area contributed by atoms with Crippen LogP contribution in [0, 0.1) is 0 Å². The van der Waals surface area contributed by atoms with E-state index in [2.05, 4.69) is 4.43 Å². The summed E-state index contributed by atoms with van der Waals surface area (Å²) in [7, 11) is -5.00. The molecule has 0 aliphatic carbocycles. The molecule has 0 aromatic heterocycles. The quantitative estimate of drug-likeness (QED) is 0.373. The molecule has 0 saturated carbocycles. The Bertz CT molecular complexity index is 82.4. The van der Waals surface area contributed by atoms with Crippen molar-refractivity contribution in [2.45, 2.75) is 6.42 Å². The van der Waals surface area contributed by atoms with Gasteiger partial charge in [-0.15, -0.1) is 9.05 Å². The number of rotatable bonds is 4. The summed E-state index contributed by atoms with van der Waals surface area (Å²) in [5, 5.41) is 0. The van der Waals surface area contributed by atoms with Gasteiger partial charge in [0.2, 0.25) is 0 Å². The molecule has 0 saturated heterocycles. The molecule has 0 spiro atoms. The molecular weight excluding hydrogens is 211 g/mol. The van der Waals surface area contributed by atoms with Crippen LogP contribution in [0.25, 0.3) is 0 Å². The average Bonchev–Trinajstić information content (AvgIpc) is 1.63. The van der Waals surface area contributed by atoms with Crippen LogP contribution in [-0.4, -0.2) is 22.2 Å². The van der Waals surface area contributed by atoms with Gasteiger partial charge in [-0.1, -0.05) is 0 Å². The topological polar surface area (TPSA) is 104 Å². The molecular formula is C3H8NNa3O4Si. The Kier molecular flexibility index (Phi) is 28.4. The van der Waals surface area contributed by atoms with Gasteiger partial charge >= 0.3 is 88.7 Å². The zero-order valence-electron chi connectivity index (χ0n) is 7.83. The summed E-state index contributed by atoms with van der Waals surface area (Å²) in [6.07, 6.45) is 0.390. The smallest absolute Gasteiger partial charge is 0.861 e. The first-order valence-corrected chi connectivity index (χ1v) is 4.15. The van der Waals surface area contributed by atoms with Crippen LogP contribution in [0.15, 0.2) is 0 Å². The number of hydrogen-bond donors (Lipinski definition) is 1. The van der Waals surface area contributed by atoms with Crippen LogP contribution in [0.1, 0.15) is 6.42 Å². The molecule has 9 heteroatoms. The second-order valence-electron chi connectivity index (χ2n) is 1.49. The Morgan fingerprint density at radius 1 is 1.08 bits per heavy atom. The van der Waals surface area contributed by atoms with Gasteiger partial charge in [-0.3, -0.25) is 0 Å². The maximum Gasteiger partial charge on any atom is 1.00 e. The SMILES string of the molecule is NCCCO[Si]([O-])([O-])[O-].[Na+].[Na+].[Na+]. The van der Waals surface area contributed by atoms with Crippen molar-refractivity contribution in [1.82, 2.24) is 0 Å². The molecule has 0 atom stereocenters. The van der Waals surface area contributed by atoms with E-state index >= 15 is 0 Å². The first kappa shape index (κ1) is 24.3. The van der Waals surface area contributed by atoms with Crippen molar-refractivity contribution in [3.8, 4) is 0 Å². The Morgan fingerprint density at radius 2 is 1.50 bits per heavy atom. The molecule has 0 aromatic carbocycles. The molecule has 0 unspecified atom stereocenters. The second-order valence-corrected chi connectivity index (χ2v) is 2.78. The predicted octanol–water partition coefficient (Wildman–Crippen LogP) is -13.1. The zero-order valence-corrected chi connectivity index (χ0v) is 14.8. The molecule has 2 N–H and O–H groups in total. The van der Waals surface area contributed by atoms with Crippen molar-refractivity contribution in [3.05, 3.63) is 0 Å². The van der Waals surface area contributed by atoms with Crippen LogP contribution in [0.2, 0.25) is 0 Å². The van der Waals surface area contributed by atoms with Crippen LogP contribution in [0.3, 0.4) is 0 Å². The van der Waals surface area contributed by atoms with Gasteiger partial charge < -0.3 is 24.5 Å². The molecule has 0 aromatic rings. The van der Waals surface area contributed by atoms with Gasteiger partial charge in [0, 0.05) is 6.61 Å². The minimum Gasteiger partial charge on any atom is -0.861 e. The van der Waals surface area contributed by atoms with E-state index in [4.69, 9.17) is 5.73 Å². The molecule has 5 nitrogen and oxygen atoms in total. The minimum atomic E-state index is -5.00. The van der Waals surface area contributed by atoms with Gasteiger partial charge in [0.25, 0.3) is 0 Å². The third kappa shape index (κ3) is 23.1. The molecule has 12 heavy (non-hydrogen) atoms. The molecule has 0 fully saturated rings. The summed E-state index contributed by atoms with van der Waals surface area (Å²) < 4.78 is 3.86. The zero-order chi connectivity index (χ0) is 7.33. The Hall–Kier alpha value is 3.02. The third-order valence-corrected chi connectivity index (χ3v) is 1.18. The molecule has 0 bridgehead atoms. The fourth-order valence-corrected chi connectivity index (χ4v) is 0.675. The van der Waals surface area contributed by atoms with Gasteiger partial charge in [0.15, 0.2) is 0 Å². The van der Waals surface area contributed by atoms with E-state index in [1.807, 2.05) is 0 Å². The molecule has 0 aliphatic rings. The second kappa shape index (κ2) is 14.0. The maximum absolute atomic E-state index is 9.74. The molecule has 0 amide bonds. The third-order valence-electron chi connectivity index (χ3n) is 0.627. The fourth-order valence-electron chi connectivity index (χ4n) is 0.281. The first-order valence-electron chi connectivity index (χ1n) is 2.51. The fraction of sp³-hybridized carbons (Fsp3) is 1.00. The van der Waals surface area contributed by atoms with Crippen LogP contribution in [-0.2, 0) is 4.43 Å². The van der Waals surface area contributed by atoms with Crippen molar-refractivity contribution in [2.24, 2.45) is 5.73 Å². The van der Waals surface area contributed by atoms with Crippen LogP contribution >= 0.6 is 0 Å². The summed E-state index contributed by atoms with van der Waals surface area (Å²) in [6, 6.07) is 0. The molecule has 56 valence electrons. The Morgan fingerprint density at radius 3 is 1.75 bits per heavy atom.